The Balaban J connectivity index is 2.37. The minimum Gasteiger partial charge on any atom is -0.493 e. The van der Waals surface area contributed by atoms with Crippen LogP contribution in [0.2, 0.25) is 0 Å². The van der Waals surface area contributed by atoms with E-state index in [0.29, 0.717) is 5.75 Å². The monoisotopic (exact) mass is 298 g/mol. The highest BCUT2D eigenvalue weighted by molar-refractivity contribution is 5.88. The standard InChI is InChI=1S/C13H15FN2O5/c14-8-1-3-9(4-2-8)21-6-5-12(18)16-10(13(19)20)7-11(15)17/h1-4,10H,5-7H2,(H2,15,17)(H,16,18)(H,19,20). The summed E-state index contributed by atoms with van der Waals surface area (Å²) in [4.78, 5) is 33.0. The average Bonchev–Trinajstić information content (AvgIpc) is 2.39. The lowest BCUT2D eigenvalue weighted by molar-refractivity contribution is -0.143. The van der Waals surface area contributed by atoms with Crippen LogP contribution in [0, 0.1) is 5.82 Å². The number of carboxylic acid groups (broad SMARTS) is 1. The summed E-state index contributed by atoms with van der Waals surface area (Å²) in [6.45, 7) is -0.0135. The van der Waals surface area contributed by atoms with Crippen molar-refractivity contribution < 1.29 is 28.6 Å². The number of nitrogens with two attached hydrogens (primary N) is 1. The van der Waals surface area contributed by atoms with Gasteiger partial charge >= 0.3 is 5.97 Å². The van der Waals surface area contributed by atoms with Crippen molar-refractivity contribution >= 4 is 17.8 Å². The van der Waals surface area contributed by atoms with E-state index in [4.69, 9.17) is 15.6 Å². The molecule has 0 heterocycles. The molecule has 114 valence electrons. The summed E-state index contributed by atoms with van der Waals surface area (Å²) >= 11 is 0. The molecule has 0 aliphatic heterocycles. The molecule has 1 rings (SSSR count). The molecular formula is C13H15FN2O5. The molecule has 0 aromatic heterocycles. The van der Waals surface area contributed by atoms with Gasteiger partial charge < -0.3 is 20.9 Å². The second kappa shape index (κ2) is 7.83. The summed E-state index contributed by atoms with van der Waals surface area (Å²) < 4.78 is 17.8. The summed E-state index contributed by atoms with van der Waals surface area (Å²) in [5.41, 5.74) is 4.89. The zero-order valence-corrected chi connectivity index (χ0v) is 11.0. The molecule has 0 bridgehead atoms. The third-order valence-electron chi connectivity index (χ3n) is 2.45. The Hall–Kier alpha value is -2.64. The predicted octanol–water partition coefficient (Wildman–Crippen LogP) is 0.0394. The first-order chi connectivity index (χ1) is 9.88. The summed E-state index contributed by atoms with van der Waals surface area (Å²) in [7, 11) is 0. The van der Waals surface area contributed by atoms with Gasteiger partial charge in [-0.2, -0.15) is 0 Å². The summed E-state index contributed by atoms with van der Waals surface area (Å²) in [5, 5.41) is 11.0. The van der Waals surface area contributed by atoms with Crippen LogP contribution in [0.1, 0.15) is 12.8 Å². The van der Waals surface area contributed by atoms with Gasteiger partial charge in [-0.1, -0.05) is 0 Å². The minimum absolute atomic E-state index is 0.0135. The fraction of sp³-hybridized carbons (Fsp3) is 0.308. The highest BCUT2D eigenvalue weighted by Gasteiger charge is 2.21. The number of hydrogen-bond donors (Lipinski definition) is 3. The molecular weight excluding hydrogens is 283 g/mol. The van der Waals surface area contributed by atoms with E-state index >= 15 is 0 Å². The van der Waals surface area contributed by atoms with Gasteiger partial charge in [-0.15, -0.1) is 0 Å². The molecule has 0 aliphatic carbocycles. The van der Waals surface area contributed by atoms with Crippen LogP contribution in [0.4, 0.5) is 4.39 Å². The number of primary amides is 1. The van der Waals surface area contributed by atoms with Crippen molar-refractivity contribution in [1.29, 1.82) is 0 Å². The maximum Gasteiger partial charge on any atom is 0.326 e. The van der Waals surface area contributed by atoms with Crippen molar-refractivity contribution in [3.63, 3.8) is 0 Å². The Labute approximate surface area is 119 Å². The van der Waals surface area contributed by atoms with Crippen LogP contribution < -0.4 is 15.8 Å². The van der Waals surface area contributed by atoms with E-state index in [1.807, 2.05) is 0 Å². The number of rotatable bonds is 8. The highest BCUT2D eigenvalue weighted by atomic mass is 19.1. The smallest absolute Gasteiger partial charge is 0.326 e. The third kappa shape index (κ3) is 6.37. The molecule has 1 aromatic carbocycles. The van der Waals surface area contributed by atoms with Gasteiger partial charge in [0.15, 0.2) is 0 Å². The largest absolute Gasteiger partial charge is 0.493 e. The number of benzene rings is 1. The third-order valence-corrected chi connectivity index (χ3v) is 2.45. The van der Waals surface area contributed by atoms with Gasteiger partial charge in [-0.05, 0) is 24.3 Å². The Kier molecular flexibility index (Phi) is 6.12. The lowest BCUT2D eigenvalue weighted by Crippen LogP contribution is -2.43. The molecule has 21 heavy (non-hydrogen) atoms. The van der Waals surface area contributed by atoms with Gasteiger partial charge in [-0.25, -0.2) is 9.18 Å². The molecule has 1 atom stereocenters. The number of aliphatic carboxylic acids is 1. The van der Waals surface area contributed by atoms with Crippen molar-refractivity contribution in [3.05, 3.63) is 30.1 Å². The van der Waals surface area contributed by atoms with Crippen molar-refractivity contribution in [2.24, 2.45) is 5.73 Å². The molecule has 0 spiro atoms. The van der Waals surface area contributed by atoms with Gasteiger partial charge in [0, 0.05) is 0 Å². The summed E-state index contributed by atoms with van der Waals surface area (Å²) in [6.07, 6.45) is -0.597. The number of carbonyl (C=O) groups excluding carboxylic acids is 2. The van der Waals surface area contributed by atoms with E-state index in [2.05, 4.69) is 5.32 Å². The first-order valence-corrected chi connectivity index (χ1v) is 6.07. The maximum atomic E-state index is 12.6. The zero-order valence-electron chi connectivity index (χ0n) is 11.0. The number of ether oxygens (including phenoxy) is 1. The molecule has 0 saturated carbocycles. The summed E-state index contributed by atoms with van der Waals surface area (Å²) in [6, 6.07) is 3.87. The van der Waals surface area contributed by atoms with Crippen molar-refractivity contribution in [1.82, 2.24) is 5.32 Å². The fourth-order valence-corrected chi connectivity index (χ4v) is 1.46. The van der Waals surface area contributed by atoms with Crippen molar-refractivity contribution in [2.75, 3.05) is 6.61 Å². The quantitative estimate of drug-likeness (QED) is 0.626. The van der Waals surface area contributed by atoms with Crippen LogP contribution in [0.15, 0.2) is 24.3 Å². The van der Waals surface area contributed by atoms with Crippen molar-refractivity contribution in [2.45, 2.75) is 18.9 Å². The van der Waals surface area contributed by atoms with Crippen LogP contribution in [0.5, 0.6) is 5.75 Å². The van der Waals surface area contributed by atoms with Gasteiger partial charge in [0.1, 0.15) is 17.6 Å². The first-order valence-electron chi connectivity index (χ1n) is 6.07. The molecule has 8 heteroatoms. The lowest BCUT2D eigenvalue weighted by Gasteiger charge is -2.13. The van der Waals surface area contributed by atoms with Crippen molar-refractivity contribution in [3.8, 4) is 5.75 Å². The molecule has 2 amide bonds. The molecule has 0 saturated heterocycles. The SMILES string of the molecule is NC(=O)CC(NC(=O)CCOc1ccc(F)cc1)C(=O)O. The molecule has 7 nitrogen and oxygen atoms in total. The van der Waals surface area contributed by atoms with Gasteiger partial charge in [0.25, 0.3) is 0 Å². The van der Waals surface area contributed by atoms with Crippen LogP contribution in [0.3, 0.4) is 0 Å². The molecule has 1 unspecified atom stereocenters. The number of hydrogen-bond acceptors (Lipinski definition) is 4. The van der Waals surface area contributed by atoms with Gasteiger partial charge in [0.05, 0.1) is 19.4 Å². The number of carbonyl (C=O) groups is 3. The van der Waals surface area contributed by atoms with E-state index in [1.54, 1.807) is 0 Å². The molecule has 0 radical (unpaired) electrons. The van der Waals surface area contributed by atoms with Crippen LogP contribution >= 0.6 is 0 Å². The van der Waals surface area contributed by atoms with E-state index < -0.39 is 36.1 Å². The second-order valence-corrected chi connectivity index (χ2v) is 4.18. The lowest BCUT2D eigenvalue weighted by atomic mass is 10.2. The Morgan fingerprint density at radius 2 is 1.90 bits per heavy atom. The van der Waals surface area contributed by atoms with E-state index in [-0.39, 0.29) is 13.0 Å². The number of halogens is 1. The predicted molar refractivity (Wildman–Crippen MR) is 69.9 cm³/mol. The van der Waals surface area contributed by atoms with Crippen LogP contribution in [-0.4, -0.2) is 35.5 Å². The van der Waals surface area contributed by atoms with Crippen LogP contribution in [-0.2, 0) is 14.4 Å². The van der Waals surface area contributed by atoms with Gasteiger partial charge in [-0.3, -0.25) is 9.59 Å². The zero-order chi connectivity index (χ0) is 15.8. The van der Waals surface area contributed by atoms with E-state index in [1.165, 1.54) is 24.3 Å². The Morgan fingerprint density at radius 1 is 1.29 bits per heavy atom. The topological polar surface area (TPSA) is 119 Å². The van der Waals surface area contributed by atoms with E-state index in [9.17, 15) is 18.8 Å². The number of carboxylic acids is 1. The summed E-state index contributed by atoms with van der Waals surface area (Å²) in [5.74, 6) is -2.79. The normalized spacial score (nSPS) is 11.5. The number of amides is 2. The molecule has 0 aliphatic rings. The second-order valence-electron chi connectivity index (χ2n) is 4.18. The van der Waals surface area contributed by atoms with Crippen LogP contribution in [0.25, 0.3) is 0 Å². The van der Waals surface area contributed by atoms with E-state index in [0.717, 1.165) is 0 Å². The fourth-order valence-electron chi connectivity index (χ4n) is 1.46. The number of nitrogens with one attached hydrogen (secondary N) is 1. The highest BCUT2D eigenvalue weighted by Crippen LogP contribution is 2.11. The molecule has 4 N–H and O–H groups in total. The Morgan fingerprint density at radius 3 is 2.43 bits per heavy atom. The molecule has 0 fully saturated rings. The molecule has 1 aromatic rings. The minimum atomic E-state index is -1.36. The Bertz CT molecular complexity index is 518. The maximum absolute atomic E-state index is 12.6. The first kappa shape index (κ1) is 16.4. The van der Waals surface area contributed by atoms with Gasteiger partial charge in [0.2, 0.25) is 11.8 Å². The average molecular weight is 298 g/mol.